The summed E-state index contributed by atoms with van der Waals surface area (Å²) in [6.45, 7) is 10.7. The highest BCUT2D eigenvalue weighted by Gasteiger charge is 2.36. The van der Waals surface area contributed by atoms with E-state index >= 15 is 0 Å². The predicted octanol–water partition coefficient (Wildman–Crippen LogP) is 4.45. The monoisotopic (exact) mass is 478 g/mol. The molecular weight excluding hydrogens is 440 g/mol. The summed E-state index contributed by atoms with van der Waals surface area (Å²) in [7, 11) is 0. The molecule has 0 amide bonds. The van der Waals surface area contributed by atoms with Crippen molar-refractivity contribution in [3.8, 4) is 0 Å². The number of aryl methyl sites for hydroxylation is 2. The number of benzene rings is 1. The number of hydrogen-bond donors (Lipinski definition) is 1. The van der Waals surface area contributed by atoms with Crippen LogP contribution in [0.5, 0.6) is 0 Å². The minimum atomic E-state index is -0.00907. The van der Waals surface area contributed by atoms with Gasteiger partial charge in [-0.25, -0.2) is 4.68 Å². The first-order valence-corrected chi connectivity index (χ1v) is 13.2. The maximum absolute atomic E-state index is 13.2. The van der Waals surface area contributed by atoms with E-state index in [-0.39, 0.29) is 23.6 Å². The normalized spacial score (nSPS) is 20.0. The second kappa shape index (κ2) is 10.2. The Morgan fingerprint density at radius 2 is 1.89 bits per heavy atom. The molecule has 8 heteroatoms. The molecule has 1 aliphatic carbocycles. The van der Waals surface area contributed by atoms with E-state index in [1.165, 1.54) is 24.0 Å². The first kappa shape index (κ1) is 24.1. The molecule has 3 aromatic rings. The predicted molar refractivity (Wildman–Crippen MR) is 136 cm³/mol. The summed E-state index contributed by atoms with van der Waals surface area (Å²) in [5.41, 5.74) is 4.11. The highest BCUT2D eigenvalue weighted by molar-refractivity contribution is 5.80. The lowest BCUT2D eigenvalue weighted by atomic mass is 9.97. The van der Waals surface area contributed by atoms with Crippen molar-refractivity contribution >= 4 is 10.9 Å². The zero-order valence-electron chi connectivity index (χ0n) is 21.5. The third-order valence-corrected chi connectivity index (χ3v) is 7.90. The number of pyridine rings is 1. The topological polar surface area (TPSA) is 88.9 Å². The van der Waals surface area contributed by atoms with Crippen LogP contribution in [0, 0.1) is 19.8 Å². The van der Waals surface area contributed by atoms with Crippen LogP contribution in [-0.4, -0.2) is 48.8 Å². The maximum Gasteiger partial charge on any atom is 0.252 e. The lowest BCUT2D eigenvalue weighted by Crippen LogP contribution is -2.41. The molecule has 1 aliphatic heterocycles. The van der Waals surface area contributed by atoms with Crippen molar-refractivity contribution in [2.24, 2.45) is 5.92 Å². The van der Waals surface area contributed by atoms with Crippen molar-refractivity contribution in [1.29, 1.82) is 0 Å². The highest BCUT2D eigenvalue weighted by Crippen LogP contribution is 2.36. The smallest absolute Gasteiger partial charge is 0.252 e. The van der Waals surface area contributed by atoms with Gasteiger partial charge in [-0.1, -0.05) is 26.7 Å². The van der Waals surface area contributed by atoms with Gasteiger partial charge in [-0.05, 0) is 90.6 Å². The van der Waals surface area contributed by atoms with Crippen molar-refractivity contribution in [2.45, 2.75) is 97.5 Å². The van der Waals surface area contributed by atoms with Crippen LogP contribution in [0.25, 0.3) is 10.9 Å². The maximum atomic E-state index is 13.2. The van der Waals surface area contributed by atoms with Gasteiger partial charge in [0.25, 0.3) is 5.56 Å². The summed E-state index contributed by atoms with van der Waals surface area (Å²) < 4.78 is 7.82. The fourth-order valence-electron chi connectivity index (χ4n) is 5.89. The minimum absolute atomic E-state index is 0.00907. The Balaban J connectivity index is 1.51. The van der Waals surface area contributed by atoms with E-state index in [0.29, 0.717) is 19.1 Å². The van der Waals surface area contributed by atoms with Crippen molar-refractivity contribution in [3.63, 3.8) is 0 Å². The first-order valence-electron chi connectivity index (χ1n) is 13.2. The average molecular weight is 479 g/mol. The lowest BCUT2D eigenvalue weighted by Gasteiger charge is -2.38. The number of tetrazole rings is 1. The fourth-order valence-corrected chi connectivity index (χ4v) is 5.89. The number of rotatable bonds is 8. The quantitative estimate of drug-likeness (QED) is 0.514. The molecule has 188 valence electrons. The molecule has 0 spiro atoms. The van der Waals surface area contributed by atoms with E-state index in [1.54, 1.807) is 0 Å². The zero-order valence-corrected chi connectivity index (χ0v) is 21.5. The molecule has 0 bridgehead atoms. The molecule has 0 radical (unpaired) electrons. The first-order chi connectivity index (χ1) is 16.9. The van der Waals surface area contributed by atoms with Gasteiger partial charge >= 0.3 is 0 Å². The Morgan fingerprint density at radius 3 is 2.60 bits per heavy atom. The molecular formula is C27H38N6O2. The highest BCUT2D eigenvalue weighted by atomic mass is 16.5. The van der Waals surface area contributed by atoms with Crippen LogP contribution >= 0.6 is 0 Å². The third-order valence-electron chi connectivity index (χ3n) is 7.90. The van der Waals surface area contributed by atoms with Gasteiger partial charge in [-0.3, -0.25) is 9.69 Å². The van der Waals surface area contributed by atoms with Crippen LogP contribution in [0.1, 0.15) is 80.9 Å². The molecule has 1 saturated carbocycles. The summed E-state index contributed by atoms with van der Waals surface area (Å²) in [4.78, 5) is 18.9. The van der Waals surface area contributed by atoms with Gasteiger partial charge in [-0.15, -0.1) is 5.10 Å². The largest absolute Gasteiger partial charge is 0.376 e. The van der Waals surface area contributed by atoms with E-state index in [2.05, 4.69) is 71.3 Å². The molecule has 0 unspecified atom stereocenters. The van der Waals surface area contributed by atoms with Gasteiger partial charge < -0.3 is 9.72 Å². The number of nitrogens with one attached hydrogen (secondary N) is 1. The number of ether oxygens (including phenoxy) is 1. The number of H-pyrrole nitrogens is 1. The zero-order chi connectivity index (χ0) is 24.5. The van der Waals surface area contributed by atoms with Crippen LogP contribution in [0.2, 0.25) is 0 Å². The summed E-state index contributed by atoms with van der Waals surface area (Å²) in [6, 6.07) is 6.75. The Labute approximate surface area is 207 Å². The van der Waals surface area contributed by atoms with Crippen LogP contribution < -0.4 is 5.56 Å². The van der Waals surface area contributed by atoms with Gasteiger partial charge in [0.15, 0.2) is 5.82 Å². The molecule has 2 aliphatic rings. The summed E-state index contributed by atoms with van der Waals surface area (Å²) in [5.74, 6) is 1.17. The Bertz CT molecular complexity index is 1220. The molecule has 3 heterocycles. The van der Waals surface area contributed by atoms with E-state index in [4.69, 9.17) is 4.74 Å². The average Bonchev–Trinajstić information content (AvgIpc) is 3.59. The summed E-state index contributed by atoms with van der Waals surface area (Å²) >= 11 is 0. The standard InChI is InChI=1S/C27H38N6O2/c1-17(2)25(26-29-30-31-33(26)16-23-10-7-11-35-23)32(22-8-5-6-9-22)15-21-14-20-12-18(3)19(4)13-24(20)28-27(21)34/h12-14,17,22-23,25H,5-11,15-16H2,1-4H3,(H,28,34)/t23-,25+/m0/s1. The molecule has 1 N–H and O–H groups in total. The number of nitrogens with zero attached hydrogens (tertiary/aromatic N) is 5. The van der Waals surface area contributed by atoms with E-state index in [9.17, 15) is 4.79 Å². The molecule has 5 rings (SSSR count). The molecule has 2 fully saturated rings. The minimum Gasteiger partial charge on any atom is -0.376 e. The third kappa shape index (κ3) is 5.05. The lowest BCUT2D eigenvalue weighted by molar-refractivity contribution is 0.0718. The Kier molecular flexibility index (Phi) is 7.02. The van der Waals surface area contributed by atoms with E-state index in [1.807, 2.05) is 4.68 Å². The van der Waals surface area contributed by atoms with Crippen LogP contribution in [0.15, 0.2) is 23.0 Å². The molecule has 35 heavy (non-hydrogen) atoms. The SMILES string of the molecule is Cc1cc2cc(CN(C3CCCC3)[C@@H](c3nnnn3C[C@@H]3CCCO3)C(C)C)c(=O)[nH]c2cc1C. The fraction of sp³-hybridized carbons (Fsp3) is 0.630. The van der Waals surface area contributed by atoms with Crippen LogP contribution in [0.3, 0.4) is 0 Å². The second-order valence-electron chi connectivity index (χ2n) is 10.8. The van der Waals surface area contributed by atoms with Crippen molar-refractivity contribution in [1.82, 2.24) is 30.1 Å². The molecule has 2 atom stereocenters. The second-order valence-corrected chi connectivity index (χ2v) is 10.8. The van der Waals surface area contributed by atoms with Gasteiger partial charge in [0.1, 0.15) is 0 Å². The molecule has 2 aromatic heterocycles. The van der Waals surface area contributed by atoms with Gasteiger partial charge in [0.2, 0.25) is 0 Å². The van der Waals surface area contributed by atoms with E-state index in [0.717, 1.165) is 54.6 Å². The van der Waals surface area contributed by atoms with Crippen molar-refractivity contribution in [2.75, 3.05) is 6.61 Å². The van der Waals surface area contributed by atoms with Crippen LogP contribution in [-0.2, 0) is 17.8 Å². The van der Waals surface area contributed by atoms with Crippen LogP contribution in [0.4, 0.5) is 0 Å². The summed E-state index contributed by atoms with van der Waals surface area (Å²) in [6.07, 6.45) is 7.02. The molecule has 1 aromatic carbocycles. The van der Waals surface area contributed by atoms with Gasteiger partial charge in [0.05, 0.1) is 18.7 Å². The summed E-state index contributed by atoms with van der Waals surface area (Å²) in [5, 5.41) is 14.0. The van der Waals surface area contributed by atoms with Crippen molar-refractivity contribution < 1.29 is 4.74 Å². The number of hydrogen-bond acceptors (Lipinski definition) is 6. The van der Waals surface area contributed by atoms with E-state index < -0.39 is 0 Å². The Morgan fingerprint density at radius 1 is 1.11 bits per heavy atom. The molecule has 8 nitrogen and oxygen atoms in total. The van der Waals surface area contributed by atoms with Gasteiger partial charge in [0, 0.05) is 30.3 Å². The van der Waals surface area contributed by atoms with Crippen molar-refractivity contribution in [3.05, 3.63) is 51.1 Å². The number of aromatic amines is 1. The number of aromatic nitrogens is 5. The molecule has 1 saturated heterocycles. The Hall–Kier alpha value is -2.58. The number of fused-ring (bicyclic) bond motifs is 1. The van der Waals surface area contributed by atoms with Gasteiger partial charge in [-0.2, -0.15) is 0 Å².